The molecule has 128 valence electrons. The van der Waals surface area contributed by atoms with Crippen LogP contribution in [0.2, 0.25) is 0 Å². The average molecular weight is 355 g/mol. The van der Waals surface area contributed by atoms with E-state index in [0.717, 1.165) is 0 Å². The third kappa shape index (κ3) is 2.61. The van der Waals surface area contributed by atoms with Crippen molar-refractivity contribution >= 4 is 10.0 Å². The van der Waals surface area contributed by atoms with Crippen LogP contribution in [0.4, 0.5) is 8.78 Å². The van der Waals surface area contributed by atoms with Crippen LogP contribution in [0.15, 0.2) is 28.8 Å². The van der Waals surface area contributed by atoms with Crippen molar-refractivity contribution in [2.45, 2.75) is 30.2 Å². The van der Waals surface area contributed by atoms with E-state index in [2.05, 4.69) is 10.1 Å². The molecule has 1 unspecified atom stereocenters. The van der Waals surface area contributed by atoms with Gasteiger partial charge in [-0.1, -0.05) is 5.16 Å². The molecule has 0 N–H and O–H groups in total. The average Bonchev–Trinajstić information content (AvgIpc) is 3.16. The Bertz CT molecular complexity index is 864. The first kappa shape index (κ1) is 15.6. The maximum absolute atomic E-state index is 15.1. The second-order valence-electron chi connectivity index (χ2n) is 6.22. The topological polar surface area (TPSA) is 76.3 Å². The minimum atomic E-state index is -3.43. The second kappa shape index (κ2) is 5.32. The molecular weight excluding hydrogens is 340 g/mol. The van der Waals surface area contributed by atoms with E-state index < -0.39 is 21.5 Å². The Balaban J connectivity index is 1.57. The molecule has 0 spiro atoms. The van der Waals surface area contributed by atoms with Crippen molar-refractivity contribution in [2.75, 3.05) is 13.1 Å². The number of rotatable bonds is 4. The molecule has 1 aromatic heterocycles. The van der Waals surface area contributed by atoms with E-state index >= 15 is 4.39 Å². The maximum Gasteiger partial charge on any atom is 0.266 e. The van der Waals surface area contributed by atoms with Gasteiger partial charge in [0.15, 0.2) is 0 Å². The lowest BCUT2D eigenvalue weighted by atomic mass is 10.1. The fourth-order valence-electron chi connectivity index (χ4n) is 2.83. The van der Waals surface area contributed by atoms with Gasteiger partial charge in [-0.3, -0.25) is 0 Å². The predicted octanol–water partition coefficient (Wildman–Crippen LogP) is 2.24. The van der Waals surface area contributed by atoms with Crippen LogP contribution in [-0.4, -0.2) is 41.2 Å². The first-order valence-corrected chi connectivity index (χ1v) is 9.17. The normalized spacial score (nSPS) is 25.2. The van der Waals surface area contributed by atoms with Crippen molar-refractivity contribution in [2.24, 2.45) is 0 Å². The van der Waals surface area contributed by atoms with Crippen LogP contribution in [0.25, 0.3) is 11.4 Å². The SMILES string of the molecule is O=S(=O)(C1CC1)N1CCC(F)(c2nc(-c3ccc(F)cc3)no2)C1. The van der Waals surface area contributed by atoms with Gasteiger partial charge in [-0.05, 0) is 37.1 Å². The van der Waals surface area contributed by atoms with Crippen LogP contribution in [0.1, 0.15) is 25.2 Å². The molecule has 0 amide bonds. The summed E-state index contributed by atoms with van der Waals surface area (Å²) in [5.74, 6) is -0.498. The van der Waals surface area contributed by atoms with Crippen molar-refractivity contribution in [1.29, 1.82) is 0 Å². The summed E-state index contributed by atoms with van der Waals surface area (Å²) in [6, 6.07) is 5.42. The quantitative estimate of drug-likeness (QED) is 0.841. The lowest BCUT2D eigenvalue weighted by molar-refractivity contribution is 0.127. The van der Waals surface area contributed by atoms with Crippen LogP contribution in [0.5, 0.6) is 0 Å². The molecule has 6 nitrogen and oxygen atoms in total. The Morgan fingerprint density at radius 2 is 1.96 bits per heavy atom. The Morgan fingerprint density at radius 3 is 2.62 bits per heavy atom. The molecule has 1 atom stereocenters. The molecule has 0 radical (unpaired) electrons. The van der Waals surface area contributed by atoms with E-state index in [1.54, 1.807) is 0 Å². The summed E-state index contributed by atoms with van der Waals surface area (Å²) in [6.07, 6.45) is 1.24. The zero-order chi connectivity index (χ0) is 16.9. The van der Waals surface area contributed by atoms with Gasteiger partial charge in [0.05, 0.1) is 11.8 Å². The van der Waals surface area contributed by atoms with Crippen molar-refractivity contribution in [3.63, 3.8) is 0 Å². The molecule has 24 heavy (non-hydrogen) atoms. The summed E-state index contributed by atoms with van der Waals surface area (Å²) in [4.78, 5) is 4.04. The van der Waals surface area contributed by atoms with E-state index in [0.29, 0.717) is 18.4 Å². The largest absolute Gasteiger partial charge is 0.335 e. The Morgan fingerprint density at radius 1 is 1.25 bits per heavy atom. The number of nitrogens with zero attached hydrogens (tertiary/aromatic N) is 3. The highest BCUT2D eigenvalue weighted by molar-refractivity contribution is 7.90. The zero-order valence-electron chi connectivity index (χ0n) is 12.7. The van der Waals surface area contributed by atoms with E-state index in [4.69, 9.17) is 4.52 Å². The number of aromatic nitrogens is 2. The highest BCUT2D eigenvalue weighted by Gasteiger charge is 2.51. The minimum absolute atomic E-state index is 0.0238. The summed E-state index contributed by atoms with van der Waals surface area (Å²) in [7, 11) is -3.43. The fraction of sp³-hybridized carbons (Fsp3) is 0.467. The first-order chi connectivity index (χ1) is 11.4. The van der Waals surface area contributed by atoms with E-state index in [1.807, 2.05) is 0 Å². The predicted molar refractivity (Wildman–Crippen MR) is 80.6 cm³/mol. The van der Waals surface area contributed by atoms with Gasteiger partial charge in [0.2, 0.25) is 21.5 Å². The Kier molecular flexibility index (Phi) is 3.47. The third-order valence-electron chi connectivity index (χ3n) is 4.40. The lowest BCUT2D eigenvalue weighted by Gasteiger charge is -2.17. The highest BCUT2D eigenvalue weighted by Crippen LogP contribution is 2.40. The Hall–Kier alpha value is -1.87. The summed E-state index contributed by atoms with van der Waals surface area (Å²) in [5, 5.41) is 3.35. The summed E-state index contributed by atoms with van der Waals surface area (Å²) in [6.45, 7) is -0.208. The monoisotopic (exact) mass is 355 g/mol. The molecule has 2 aromatic rings. The van der Waals surface area contributed by atoms with Gasteiger partial charge >= 0.3 is 0 Å². The van der Waals surface area contributed by atoms with Crippen molar-refractivity contribution < 1.29 is 21.7 Å². The summed E-state index contributed by atoms with van der Waals surface area (Å²) in [5.41, 5.74) is -1.50. The molecule has 0 bridgehead atoms. The lowest BCUT2D eigenvalue weighted by Crippen LogP contribution is -2.34. The molecule has 1 saturated heterocycles. The Labute approximate surface area is 137 Å². The van der Waals surface area contributed by atoms with Gasteiger partial charge in [0, 0.05) is 18.5 Å². The van der Waals surface area contributed by atoms with E-state index in [-0.39, 0.29) is 36.5 Å². The van der Waals surface area contributed by atoms with Crippen molar-refractivity contribution in [1.82, 2.24) is 14.4 Å². The molecule has 1 aliphatic carbocycles. The molecule has 2 fully saturated rings. The molecule has 1 aromatic carbocycles. The van der Waals surface area contributed by atoms with Crippen LogP contribution < -0.4 is 0 Å². The number of halogens is 2. The number of sulfonamides is 1. The van der Waals surface area contributed by atoms with Crippen molar-refractivity contribution in [3.05, 3.63) is 36.0 Å². The highest BCUT2D eigenvalue weighted by atomic mass is 32.2. The van der Waals surface area contributed by atoms with Crippen LogP contribution in [0.3, 0.4) is 0 Å². The van der Waals surface area contributed by atoms with Gasteiger partial charge < -0.3 is 4.52 Å². The third-order valence-corrected chi connectivity index (χ3v) is 6.75. The van der Waals surface area contributed by atoms with E-state index in [9.17, 15) is 12.8 Å². The summed E-state index contributed by atoms with van der Waals surface area (Å²) < 4.78 is 58.7. The molecular formula is C15H15F2N3O3S. The van der Waals surface area contributed by atoms with Crippen LogP contribution in [0, 0.1) is 5.82 Å². The molecule has 4 rings (SSSR count). The number of benzene rings is 1. The standard InChI is InChI=1S/C15H15F2N3O3S/c16-11-3-1-10(2-4-11)13-18-14(23-19-13)15(17)7-8-20(9-15)24(21,22)12-5-6-12/h1-4,12H,5-9H2. The fourth-order valence-corrected chi connectivity index (χ4v) is 4.71. The van der Waals surface area contributed by atoms with Crippen LogP contribution in [-0.2, 0) is 15.7 Å². The molecule has 9 heteroatoms. The van der Waals surface area contributed by atoms with Crippen molar-refractivity contribution in [3.8, 4) is 11.4 Å². The number of hydrogen-bond donors (Lipinski definition) is 0. The van der Waals surface area contributed by atoms with Gasteiger partial charge in [0.25, 0.3) is 5.89 Å². The van der Waals surface area contributed by atoms with Crippen LogP contribution >= 0.6 is 0 Å². The summed E-state index contributed by atoms with van der Waals surface area (Å²) >= 11 is 0. The number of alkyl halides is 1. The van der Waals surface area contributed by atoms with E-state index in [1.165, 1.54) is 28.6 Å². The van der Waals surface area contributed by atoms with Gasteiger partial charge in [-0.15, -0.1) is 0 Å². The molecule has 1 aliphatic heterocycles. The van der Waals surface area contributed by atoms with Gasteiger partial charge in [-0.2, -0.15) is 9.29 Å². The maximum atomic E-state index is 15.1. The zero-order valence-corrected chi connectivity index (χ0v) is 13.5. The minimum Gasteiger partial charge on any atom is -0.335 e. The molecule has 1 saturated carbocycles. The smallest absolute Gasteiger partial charge is 0.266 e. The molecule has 2 heterocycles. The number of hydrogen-bond acceptors (Lipinski definition) is 5. The van der Waals surface area contributed by atoms with Gasteiger partial charge in [-0.25, -0.2) is 17.2 Å². The first-order valence-electron chi connectivity index (χ1n) is 7.66. The second-order valence-corrected chi connectivity index (χ2v) is 8.44. The van der Waals surface area contributed by atoms with Gasteiger partial charge in [0.1, 0.15) is 5.82 Å². The molecule has 2 aliphatic rings.